The molecule has 2 atom stereocenters. The Morgan fingerprint density at radius 3 is 2.00 bits per heavy atom. The van der Waals surface area contributed by atoms with Crippen LogP contribution in [0.3, 0.4) is 0 Å². The van der Waals surface area contributed by atoms with Gasteiger partial charge in [0.25, 0.3) is 0 Å². The quantitative estimate of drug-likeness (QED) is 0.521. The SMILES string of the molecule is O=C(O)[C@H]1C(=O)C[C@H]1C(=O)O. The Morgan fingerprint density at radius 2 is 1.82 bits per heavy atom. The summed E-state index contributed by atoms with van der Waals surface area (Å²) in [5, 5.41) is 16.7. The molecule has 1 rings (SSSR count). The van der Waals surface area contributed by atoms with Crippen LogP contribution in [0.1, 0.15) is 6.42 Å². The third kappa shape index (κ3) is 1.09. The molecule has 0 bridgehead atoms. The Hall–Kier alpha value is -1.39. The minimum Gasteiger partial charge on any atom is -0.481 e. The molecule has 0 spiro atoms. The van der Waals surface area contributed by atoms with E-state index in [0.29, 0.717) is 0 Å². The van der Waals surface area contributed by atoms with Gasteiger partial charge in [-0.3, -0.25) is 14.4 Å². The zero-order valence-corrected chi connectivity index (χ0v) is 5.48. The molecule has 11 heavy (non-hydrogen) atoms. The van der Waals surface area contributed by atoms with Gasteiger partial charge in [0.15, 0.2) is 0 Å². The van der Waals surface area contributed by atoms with Crippen LogP contribution in [0.4, 0.5) is 0 Å². The van der Waals surface area contributed by atoms with Crippen molar-refractivity contribution >= 4 is 17.7 Å². The van der Waals surface area contributed by atoms with E-state index in [1.54, 1.807) is 0 Å². The van der Waals surface area contributed by atoms with Crippen molar-refractivity contribution in [1.29, 1.82) is 0 Å². The van der Waals surface area contributed by atoms with Gasteiger partial charge in [0.05, 0.1) is 5.92 Å². The van der Waals surface area contributed by atoms with E-state index in [2.05, 4.69) is 0 Å². The van der Waals surface area contributed by atoms with Crippen molar-refractivity contribution in [2.24, 2.45) is 11.8 Å². The van der Waals surface area contributed by atoms with E-state index in [-0.39, 0.29) is 6.42 Å². The Bertz CT molecular complexity index is 223. The topological polar surface area (TPSA) is 91.7 Å². The predicted octanol–water partition coefficient (Wildman–Crippen LogP) is -0.639. The first-order valence-corrected chi connectivity index (χ1v) is 3.02. The lowest BCUT2D eigenvalue weighted by Gasteiger charge is -2.27. The molecule has 1 aliphatic rings. The van der Waals surface area contributed by atoms with Crippen LogP contribution in [0.2, 0.25) is 0 Å². The Morgan fingerprint density at radius 1 is 1.27 bits per heavy atom. The van der Waals surface area contributed by atoms with E-state index < -0.39 is 29.6 Å². The van der Waals surface area contributed by atoms with E-state index in [9.17, 15) is 14.4 Å². The minimum atomic E-state index is -1.34. The zero-order valence-electron chi connectivity index (χ0n) is 5.48. The summed E-state index contributed by atoms with van der Waals surface area (Å²) in [5.74, 6) is -5.37. The number of rotatable bonds is 2. The van der Waals surface area contributed by atoms with Crippen LogP contribution in [0, 0.1) is 11.8 Å². The van der Waals surface area contributed by atoms with E-state index in [1.807, 2.05) is 0 Å². The van der Waals surface area contributed by atoms with E-state index >= 15 is 0 Å². The Balaban J connectivity index is 2.69. The summed E-state index contributed by atoms with van der Waals surface area (Å²) in [6.07, 6.45) is -0.147. The van der Waals surface area contributed by atoms with Crippen molar-refractivity contribution in [3.8, 4) is 0 Å². The molecule has 0 unspecified atom stereocenters. The lowest BCUT2D eigenvalue weighted by Crippen LogP contribution is -2.46. The lowest BCUT2D eigenvalue weighted by molar-refractivity contribution is -0.166. The second-order valence-electron chi connectivity index (χ2n) is 2.43. The van der Waals surface area contributed by atoms with Crippen molar-refractivity contribution in [2.45, 2.75) is 6.42 Å². The number of carboxylic acids is 2. The van der Waals surface area contributed by atoms with Gasteiger partial charge < -0.3 is 10.2 Å². The summed E-state index contributed by atoms with van der Waals surface area (Å²) in [7, 11) is 0. The number of ketones is 1. The fourth-order valence-electron chi connectivity index (χ4n) is 1.07. The van der Waals surface area contributed by atoms with Gasteiger partial charge >= 0.3 is 11.9 Å². The van der Waals surface area contributed by atoms with Crippen molar-refractivity contribution in [3.05, 3.63) is 0 Å². The molecule has 0 saturated heterocycles. The van der Waals surface area contributed by atoms with Gasteiger partial charge in [-0.05, 0) is 0 Å². The summed E-state index contributed by atoms with van der Waals surface area (Å²) >= 11 is 0. The summed E-state index contributed by atoms with van der Waals surface area (Å²) in [4.78, 5) is 31.0. The molecule has 0 amide bonds. The third-order valence-corrected chi connectivity index (χ3v) is 1.75. The highest BCUT2D eigenvalue weighted by molar-refractivity contribution is 6.08. The first-order valence-electron chi connectivity index (χ1n) is 3.02. The van der Waals surface area contributed by atoms with E-state index in [1.165, 1.54) is 0 Å². The first kappa shape index (κ1) is 7.71. The van der Waals surface area contributed by atoms with E-state index in [4.69, 9.17) is 10.2 Å². The van der Waals surface area contributed by atoms with Crippen LogP contribution >= 0.6 is 0 Å². The zero-order chi connectivity index (χ0) is 8.59. The van der Waals surface area contributed by atoms with Crippen LogP contribution in [-0.2, 0) is 14.4 Å². The monoisotopic (exact) mass is 158 g/mol. The van der Waals surface area contributed by atoms with Crippen LogP contribution in [0.5, 0.6) is 0 Å². The Labute approximate surface area is 61.6 Å². The Kier molecular flexibility index (Phi) is 1.64. The molecule has 0 aromatic carbocycles. The average molecular weight is 158 g/mol. The highest BCUT2D eigenvalue weighted by Crippen LogP contribution is 2.30. The second kappa shape index (κ2) is 2.34. The van der Waals surface area contributed by atoms with Gasteiger partial charge in [0.1, 0.15) is 11.7 Å². The van der Waals surface area contributed by atoms with Gasteiger partial charge in [0, 0.05) is 6.42 Å². The largest absolute Gasteiger partial charge is 0.481 e. The molecule has 0 aromatic heterocycles. The number of carbonyl (C=O) groups is 3. The smallest absolute Gasteiger partial charge is 0.314 e. The fourth-order valence-corrected chi connectivity index (χ4v) is 1.07. The maximum Gasteiger partial charge on any atom is 0.314 e. The first-order chi connectivity index (χ1) is 5.04. The van der Waals surface area contributed by atoms with Crippen molar-refractivity contribution in [1.82, 2.24) is 0 Å². The van der Waals surface area contributed by atoms with Gasteiger partial charge in [-0.25, -0.2) is 0 Å². The van der Waals surface area contributed by atoms with Gasteiger partial charge in [-0.2, -0.15) is 0 Å². The van der Waals surface area contributed by atoms with Gasteiger partial charge in [-0.15, -0.1) is 0 Å². The number of carbonyl (C=O) groups excluding carboxylic acids is 1. The molecule has 0 heterocycles. The van der Waals surface area contributed by atoms with Crippen LogP contribution in [-0.4, -0.2) is 27.9 Å². The second-order valence-corrected chi connectivity index (χ2v) is 2.43. The summed E-state index contributed by atoms with van der Waals surface area (Å²) in [6.45, 7) is 0. The number of hydrogen-bond acceptors (Lipinski definition) is 3. The average Bonchev–Trinajstić information content (AvgIpc) is 1.80. The molecule has 2 N–H and O–H groups in total. The van der Waals surface area contributed by atoms with Crippen molar-refractivity contribution in [2.75, 3.05) is 0 Å². The molecule has 60 valence electrons. The van der Waals surface area contributed by atoms with Crippen LogP contribution in [0.25, 0.3) is 0 Å². The van der Waals surface area contributed by atoms with E-state index in [0.717, 1.165) is 0 Å². The molecule has 0 aliphatic heterocycles. The van der Waals surface area contributed by atoms with Crippen molar-refractivity contribution in [3.63, 3.8) is 0 Å². The normalized spacial score (nSPS) is 29.3. The highest BCUT2D eigenvalue weighted by Gasteiger charge is 2.49. The number of hydrogen-bond donors (Lipinski definition) is 2. The maximum atomic E-state index is 10.5. The molecule has 0 aromatic rings. The molecule has 1 fully saturated rings. The van der Waals surface area contributed by atoms with Gasteiger partial charge in [0.2, 0.25) is 0 Å². The molecule has 1 saturated carbocycles. The lowest BCUT2D eigenvalue weighted by atomic mass is 9.72. The minimum absolute atomic E-state index is 0.147. The summed E-state index contributed by atoms with van der Waals surface area (Å²) in [5.41, 5.74) is 0. The van der Waals surface area contributed by atoms with Crippen molar-refractivity contribution < 1.29 is 24.6 Å². The molecular formula is C6H6O5. The standard InChI is InChI=1S/C6H6O5/c7-3-1-2(5(8)9)4(3)6(10)11/h2,4H,1H2,(H,8,9)(H,10,11)/t2-,4-/m1/s1. The fraction of sp³-hybridized carbons (Fsp3) is 0.500. The van der Waals surface area contributed by atoms with Crippen LogP contribution in [0.15, 0.2) is 0 Å². The summed E-state index contributed by atoms with van der Waals surface area (Å²) < 4.78 is 0. The number of Topliss-reactive ketones (excluding diaryl/α,β-unsaturated/α-hetero) is 1. The molecule has 0 radical (unpaired) electrons. The molecular weight excluding hydrogens is 152 g/mol. The summed E-state index contributed by atoms with van der Waals surface area (Å²) in [6, 6.07) is 0. The number of aliphatic carboxylic acids is 2. The van der Waals surface area contributed by atoms with Gasteiger partial charge in [-0.1, -0.05) is 0 Å². The number of carboxylic acid groups (broad SMARTS) is 2. The molecule has 1 aliphatic carbocycles. The molecule has 5 heteroatoms. The van der Waals surface area contributed by atoms with Crippen LogP contribution < -0.4 is 0 Å². The molecule has 5 nitrogen and oxygen atoms in total. The third-order valence-electron chi connectivity index (χ3n) is 1.75. The maximum absolute atomic E-state index is 10.5. The predicted molar refractivity (Wildman–Crippen MR) is 31.9 cm³/mol. The highest BCUT2D eigenvalue weighted by atomic mass is 16.4.